The number of rotatable bonds is 9. The Morgan fingerprint density at radius 1 is 1.12 bits per heavy atom. The van der Waals surface area contributed by atoms with Gasteiger partial charge in [-0.25, -0.2) is 0 Å². The van der Waals surface area contributed by atoms with Crippen molar-refractivity contribution < 1.29 is 5.11 Å². The normalized spacial score (nSPS) is 15.8. The molecule has 1 aliphatic rings. The minimum Gasteiger partial charge on any atom is -0.386 e. The summed E-state index contributed by atoms with van der Waals surface area (Å²) < 4.78 is 0. The van der Waals surface area contributed by atoms with Gasteiger partial charge in [-0.1, -0.05) is 84.4 Å². The number of benzene rings is 2. The van der Waals surface area contributed by atoms with Crippen LogP contribution in [-0.4, -0.2) is 11.8 Å². The molecule has 1 N–H and O–H groups in total. The van der Waals surface area contributed by atoms with Gasteiger partial charge in [0.1, 0.15) is 0 Å². The standard InChI is InChI=1S/C30H32ClNO/c1-30(2,33)29-13-5-4-11-26(29)12-7-10-24-8-6-9-25(22-24)17-21-28(32-3)20-16-23-14-18-27(31)19-15-23/h4-6,8-9,11,13-14,16-22,33H,3,7,10,12,15H2,1-2H3/b21-17+,23-16-,28-20-. The van der Waals surface area contributed by atoms with Crippen molar-refractivity contribution in [3.8, 4) is 0 Å². The lowest BCUT2D eigenvalue weighted by atomic mass is 9.90. The molecule has 33 heavy (non-hydrogen) atoms. The number of halogens is 1. The maximum Gasteiger partial charge on any atom is 0.0843 e. The second-order valence-electron chi connectivity index (χ2n) is 8.77. The van der Waals surface area contributed by atoms with Crippen LogP contribution in [0.3, 0.4) is 0 Å². The van der Waals surface area contributed by atoms with Gasteiger partial charge < -0.3 is 5.11 Å². The van der Waals surface area contributed by atoms with E-state index in [0.29, 0.717) is 0 Å². The molecule has 0 bridgehead atoms. The Morgan fingerprint density at radius 2 is 1.94 bits per heavy atom. The number of hydrogen-bond acceptors (Lipinski definition) is 2. The Balaban J connectivity index is 1.61. The third-order valence-electron chi connectivity index (χ3n) is 5.63. The first-order valence-electron chi connectivity index (χ1n) is 11.3. The lowest BCUT2D eigenvalue weighted by molar-refractivity contribution is 0.0776. The van der Waals surface area contributed by atoms with Crippen LogP contribution in [-0.2, 0) is 18.4 Å². The third-order valence-corrected chi connectivity index (χ3v) is 5.91. The Bertz CT molecular complexity index is 1130. The van der Waals surface area contributed by atoms with E-state index in [0.717, 1.165) is 47.5 Å². The zero-order chi connectivity index (χ0) is 23.7. The minimum absolute atomic E-state index is 0.777. The highest BCUT2D eigenvalue weighted by molar-refractivity contribution is 6.31. The van der Waals surface area contributed by atoms with Crippen LogP contribution < -0.4 is 0 Å². The number of aryl methyl sites for hydroxylation is 2. The fourth-order valence-corrected chi connectivity index (χ4v) is 4.01. The SMILES string of the molecule is C=NC(=C\C=C1\C=CC(Cl)=CC1)/C=C/c1cccc(CCCc2ccccc2C(C)(C)O)c1. The fourth-order valence-electron chi connectivity index (χ4n) is 3.87. The number of aliphatic imine (C=N–C) groups is 1. The molecule has 0 saturated heterocycles. The summed E-state index contributed by atoms with van der Waals surface area (Å²) in [4.78, 5) is 4.13. The van der Waals surface area contributed by atoms with Crippen molar-refractivity contribution >= 4 is 24.4 Å². The topological polar surface area (TPSA) is 32.6 Å². The summed E-state index contributed by atoms with van der Waals surface area (Å²) >= 11 is 5.97. The van der Waals surface area contributed by atoms with Crippen molar-refractivity contribution in [2.24, 2.45) is 4.99 Å². The van der Waals surface area contributed by atoms with Crippen molar-refractivity contribution in [1.29, 1.82) is 0 Å². The van der Waals surface area contributed by atoms with Gasteiger partial charge in [0, 0.05) is 5.03 Å². The summed E-state index contributed by atoms with van der Waals surface area (Å²) in [5.74, 6) is 0. The fraction of sp³-hybridized carbons (Fsp3) is 0.233. The van der Waals surface area contributed by atoms with Gasteiger partial charge in [-0.15, -0.1) is 0 Å². The third kappa shape index (κ3) is 7.85. The number of allylic oxidation sites excluding steroid dienone is 8. The predicted octanol–water partition coefficient (Wildman–Crippen LogP) is 7.70. The molecule has 3 rings (SSSR count). The zero-order valence-corrected chi connectivity index (χ0v) is 20.2. The maximum absolute atomic E-state index is 10.4. The van der Waals surface area contributed by atoms with Crippen LogP contribution in [0.5, 0.6) is 0 Å². The molecule has 0 radical (unpaired) electrons. The Kier molecular flexibility index (Phi) is 8.82. The largest absolute Gasteiger partial charge is 0.386 e. The molecule has 0 heterocycles. The van der Waals surface area contributed by atoms with Crippen molar-refractivity contribution in [3.05, 3.63) is 124 Å². The average Bonchev–Trinajstić information content (AvgIpc) is 2.80. The number of nitrogens with zero attached hydrogens (tertiary/aromatic N) is 1. The van der Waals surface area contributed by atoms with Gasteiger partial charge in [0.25, 0.3) is 0 Å². The van der Waals surface area contributed by atoms with Crippen LogP contribution in [0.1, 0.15) is 48.9 Å². The molecule has 3 heteroatoms. The van der Waals surface area contributed by atoms with Gasteiger partial charge in [-0.3, -0.25) is 4.99 Å². The van der Waals surface area contributed by atoms with E-state index in [9.17, 15) is 5.11 Å². The van der Waals surface area contributed by atoms with Crippen molar-refractivity contribution in [2.75, 3.05) is 0 Å². The quantitative estimate of drug-likeness (QED) is 0.303. The second kappa shape index (κ2) is 11.8. The van der Waals surface area contributed by atoms with Gasteiger partial charge in [0.2, 0.25) is 0 Å². The van der Waals surface area contributed by atoms with Crippen molar-refractivity contribution in [2.45, 2.75) is 45.1 Å². The summed E-state index contributed by atoms with van der Waals surface area (Å²) in [5, 5.41) is 11.2. The number of hydrogen-bond donors (Lipinski definition) is 1. The monoisotopic (exact) mass is 457 g/mol. The van der Waals surface area contributed by atoms with E-state index in [1.165, 1.54) is 16.7 Å². The van der Waals surface area contributed by atoms with Crippen LogP contribution in [0, 0.1) is 0 Å². The van der Waals surface area contributed by atoms with Crippen LogP contribution in [0.4, 0.5) is 0 Å². The van der Waals surface area contributed by atoms with E-state index in [1.807, 2.05) is 68.5 Å². The summed E-state index contributed by atoms with van der Waals surface area (Å²) in [6.07, 6.45) is 17.8. The average molecular weight is 458 g/mol. The molecule has 0 fully saturated rings. The molecule has 2 aromatic carbocycles. The zero-order valence-electron chi connectivity index (χ0n) is 19.5. The first kappa shape index (κ1) is 24.7. The molecule has 0 spiro atoms. The van der Waals surface area contributed by atoms with Gasteiger partial charge in [0.05, 0.1) is 11.3 Å². The van der Waals surface area contributed by atoms with Crippen LogP contribution >= 0.6 is 11.6 Å². The van der Waals surface area contributed by atoms with Crippen LogP contribution in [0.15, 0.2) is 106 Å². The molecule has 0 atom stereocenters. The Labute approximate surface area is 203 Å². The van der Waals surface area contributed by atoms with Crippen LogP contribution in [0.25, 0.3) is 6.08 Å². The molecule has 0 saturated carbocycles. The van der Waals surface area contributed by atoms with Gasteiger partial charge in [-0.2, -0.15) is 0 Å². The molecular weight excluding hydrogens is 426 g/mol. The lowest BCUT2D eigenvalue weighted by Gasteiger charge is -2.21. The molecule has 0 amide bonds. The number of aliphatic hydroxyl groups is 1. The molecule has 0 unspecified atom stereocenters. The van der Waals surface area contributed by atoms with Gasteiger partial charge >= 0.3 is 0 Å². The van der Waals surface area contributed by atoms with Crippen molar-refractivity contribution in [1.82, 2.24) is 0 Å². The van der Waals surface area contributed by atoms with E-state index in [-0.39, 0.29) is 0 Å². The molecule has 1 aliphatic carbocycles. The summed E-state index contributed by atoms with van der Waals surface area (Å²) in [6.45, 7) is 7.38. The summed E-state index contributed by atoms with van der Waals surface area (Å²) in [5.41, 5.74) is 5.83. The summed E-state index contributed by atoms with van der Waals surface area (Å²) in [7, 11) is 0. The molecule has 170 valence electrons. The van der Waals surface area contributed by atoms with E-state index in [4.69, 9.17) is 11.6 Å². The van der Waals surface area contributed by atoms with E-state index in [1.54, 1.807) is 0 Å². The van der Waals surface area contributed by atoms with E-state index < -0.39 is 5.60 Å². The minimum atomic E-state index is -0.821. The predicted molar refractivity (Wildman–Crippen MR) is 143 cm³/mol. The first-order chi connectivity index (χ1) is 15.8. The highest BCUT2D eigenvalue weighted by Crippen LogP contribution is 2.25. The van der Waals surface area contributed by atoms with Gasteiger partial charge in [-0.05, 0) is 92.3 Å². The summed E-state index contributed by atoms with van der Waals surface area (Å²) in [6, 6.07) is 16.7. The molecular formula is C30H32ClNO. The maximum atomic E-state index is 10.4. The molecule has 0 aliphatic heterocycles. The Morgan fingerprint density at radius 3 is 2.67 bits per heavy atom. The lowest BCUT2D eigenvalue weighted by Crippen LogP contribution is -2.18. The highest BCUT2D eigenvalue weighted by Gasteiger charge is 2.18. The smallest absolute Gasteiger partial charge is 0.0843 e. The molecule has 2 aromatic rings. The molecule has 2 nitrogen and oxygen atoms in total. The van der Waals surface area contributed by atoms with Crippen LogP contribution in [0.2, 0.25) is 0 Å². The first-order valence-corrected chi connectivity index (χ1v) is 11.7. The molecule has 0 aromatic heterocycles. The van der Waals surface area contributed by atoms with Crippen molar-refractivity contribution in [3.63, 3.8) is 0 Å². The second-order valence-corrected chi connectivity index (χ2v) is 9.20. The van der Waals surface area contributed by atoms with E-state index >= 15 is 0 Å². The highest BCUT2D eigenvalue weighted by atomic mass is 35.5. The Hall–Kier alpha value is -2.94. The van der Waals surface area contributed by atoms with Gasteiger partial charge in [0.15, 0.2) is 0 Å². The van der Waals surface area contributed by atoms with E-state index in [2.05, 4.69) is 48.1 Å².